The van der Waals surface area contributed by atoms with Gasteiger partial charge in [0.2, 0.25) is 0 Å². The zero-order chi connectivity index (χ0) is 30.5. The van der Waals surface area contributed by atoms with Crippen LogP contribution in [-0.4, -0.2) is 46.5 Å². The summed E-state index contributed by atoms with van der Waals surface area (Å²) in [5, 5.41) is 11.1. The van der Waals surface area contributed by atoms with Crippen LogP contribution in [0.2, 0.25) is 0 Å². The first-order valence-corrected chi connectivity index (χ1v) is 10.8. The molecule has 0 heterocycles. The molecule has 2 aromatic carbocycles. The fourth-order valence-electron chi connectivity index (χ4n) is 3.47. The molecule has 15 heteroatoms. The van der Waals surface area contributed by atoms with Crippen molar-refractivity contribution in [1.82, 2.24) is 0 Å². The standard InChI is InChI=1S/C24H21F13O2/c1-17(2,3)39-16-11-9-15(10-12-16)18(38,14-7-5-4-6-8-14)13-19(25,26)20(27,28)21(29,30)22(31,32)23(33,34)24(35,36)37/h4-12,38H,13H2,1-3H3. The summed E-state index contributed by atoms with van der Waals surface area (Å²) in [6.45, 7) is 4.84. The maximum atomic E-state index is 14.8. The average molecular weight is 588 g/mol. The van der Waals surface area contributed by atoms with Gasteiger partial charge in [-0.25, -0.2) is 0 Å². The van der Waals surface area contributed by atoms with E-state index >= 15 is 0 Å². The first-order chi connectivity index (χ1) is 17.2. The van der Waals surface area contributed by atoms with Crippen LogP contribution in [0.15, 0.2) is 54.6 Å². The van der Waals surface area contributed by atoms with Crippen LogP contribution in [0.5, 0.6) is 5.75 Å². The smallest absolute Gasteiger partial charge is 0.460 e. The highest BCUT2D eigenvalue weighted by molar-refractivity contribution is 5.39. The average Bonchev–Trinajstić information content (AvgIpc) is 2.77. The highest BCUT2D eigenvalue weighted by Gasteiger charge is 2.90. The minimum absolute atomic E-state index is 0.0688. The number of hydrogen-bond donors (Lipinski definition) is 1. The van der Waals surface area contributed by atoms with Gasteiger partial charge in [0.25, 0.3) is 0 Å². The monoisotopic (exact) mass is 588 g/mol. The quantitative estimate of drug-likeness (QED) is 0.299. The SMILES string of the molecule is CC(C)(C)Oc1ccc(C(O)(CC(F)(F)C(F)(F)C(F)(F)C(F)(F)C(F)(F)C(F)(F)F)c2ccccc2)cc1. The molecular formula is C24H21F13O2. The van der Waals surface area contributed by atoms with E-state index in [1.54, 1.807) is 20.8 Å². The van der Waals surface area contributed by atoms with E-state index in [0.29, 0.717) is 0 Å². The molecular weight excluding hydrogens is 567 g/mol. The van der Waals surface area contributed by atoms with E-state index in [9.17, 15) is 62.2 Å². The van der Waals surface area contributed by atoms with E-state index < -0.39 is 64.5 Å². The van der Waals surface area contributed by atoms with Crippen molar-refractivity contribution in [3.05, 3.63) is 65.7 Å². The summed E-state index contributed by atoms with van der Waals surface area (Å²) in [5.74, 6) is -37.8. The van der Waals surface area contributed by atoms with Crippen molar-refractivity contribution in [2.24, 2.45) is 0 Å². The van der Waals surface area contributed by atoms with Crippen LogP contribution in [0.3, 0.4) is 0 Å². The number of ether oxygens (including phenoxy) is 1. The Morgan fingerprint density at radius 2 is 0.974 bits per heavy atom. The van der Waals surface area contributed by atoms with Crippen molar-refractivity contribution in [1.29, 1.82) is 0 Å². The van der Waals surface area contributed by atoms with Gasteiger partial charge in [0.15, 0.2) is 0 Å². The molecule has 0 aliphatic heterocycles. The van der Waals surface area contributed by atoms with Gasteiger partial charge in [-0.15, -0.1) is 0 Å². The zero-order valence-corrected chi connectivity index (χ0v) is 20.2. The maximum absolute atomic E-state index is 14.8. The number of alkyl halides is 13. The van der Waals surface area contributed by atoms with Crippen LogP contribution < -0.4 is 4.74 Å². The lowest BCUT2D eigenvalue weighted by Gasteiger charge is -2.42. The van der Waals surface area contributed by atoms with E-state index in [1.807, 2.05) is 0 Å². The Bertz CT molecular complexity index is 1120. The molecule has 2 rings (SSSR count). The van der Waals surface area contributed by atoms with Crippen LogP contribution in [0.4, 0.5) is 57.1 Å². The van der Waals surface area contributed by atoms with Crippen molar-refractivity contribution >= 4 is 0 Å². The third kappa shape index (κ3) is 5.64. The lowest BCUT2D eigenvalue weighted by molar-refractivity contribution is -0.441. The molecule has 0 saturated heterocycles. The second-order valence-electron chi connectivity index (χ2n) is 9.64. The second-order valence-corrected chi connectivity index (χ2v) is 9.64. The molecule has 0 aliphatic carbocycles. The van der Waals surface area contributed by atoms with Crippen LogP contribution in [0.1, 0.15) is 38.3 Å². The highest BCUT2D eigenvalue weighted by atomic mass is 19.4. The fraction of sp³-hybridized carbons (Fsp3) is 0.500. The topological polar surface area (TPSA) is 29.5 Å². The Kier molecular flexibility index (Phi) is 8.11. The van der Waals surface area contributed by atoms with Crippen LogP contribution in [0, 0.1) is 0 Å². The fourth-order valence-corrected chi connectivity index (χ4v) is 3.47. The molecule has 1 atom stereocenters. The molecule has 0 saturated carbocycles. The Morgan fingerprint density at radius 3 is 1.38 bits per heavy atom. The highest BCUT2D eigenvalue weighted by Crippen LogP contribution is 2.61. The first kappa shape index (κ1) is 32.5. The Morgan fingerprint density at radius 1 is 0.564 bits per heavy atom. The van der Waals surface area contributed by atoms with E-state index in [4.69, 9.17) is 4.74 Å². The summed E-state index contributed by atoms with van der Waals surface area (Å²) >= 11 is 0. The third-order valence-corrected chi connectivity index (χ3v) is 5.48. The number of rotatable bonds is 9. The van der Waals surface area contributed by atoms with E-state index in [2.05, 4.69) is 0 Å². The number of aliphatic hydroxyl groups is 1. The van der Waals surface area contributed by atoms with Crippen molar-refractivity contribution in [2.75, 3.05) is 0 Å². The Hall–Kier alpha value is -2.71. The van der Waals surface area contributed by atoms with Gasteiger partial charge in [0.05, 0.1) is 6.42 Å². The van der Waals surface area contributed by atoms with Crippen molar-refractivity contribution in [3.8, 4) is 5.75 Å². The van der Waals surface area contributed by atoms with Gasteiger partial charge in [0, 0.05) is 0 Å². The van der Waals surface area contributed by atoms with Crippen LogP contribution >= 0.6 is 0 Å². The molecule has 0 aromatic heterocycles. The largest absolute Gasteiger partial charge is 0.488 e. The van der Waals surface area contributed by atoms with Gasteiger partial charge >= 0.3 is 35.8 Å². The molecule has 0 aliphatic rings. The summed E-state index contributed by atoms with van der Waals surface area (Å²) in [7, 11) is 0. The Balaban J connectivity index is 2.64. The van der Waals surface area contributed by atoms with Crippen molar-refractivity contribution < 1.29 is 66.9 Å². The second kappa shape index (κ2) is 9.73. The van der Waals surface area contributed by atoms with Gasteiger partial charge in [-0.1, -0.05) is 42.5 Å². The van der Waals surface area contributed by atoms with Crippen molar-refractivity contribution in [2.45, 2.75) is 74.2 Å². The number of hydrogen-bond acceptors (Lipinski definition) is 2. The molecule has 2 aromatic rings. The summed E-state index contributed by atoms with van der Waals surface area (Å²) in [5.41, 5.74) is -5.49. The van der Waals surface area contributed by atoms with Gasteiger partial charge < -0.3 is 9.84 Å². The molecule has 0 spiro atoms. The molecule has 220 valence electrons. The van der Waals surface area contributed by atoms with Gasteiger partial charge in [-0.2, -0.15) is 57.1 Å². The lowest BCUT2D eigenvalue weighted by atomic mass is 9.79. The van der Waals surface area contributed by atoms with E-state index in [0.717, 1.165) is 48.5 Å². The van der Waals surface area contributed by atoms with Gasteiger partial charge in [-0.3, -0.25) is 0 Å². The molecule has 1 N–H and O–H groups in total. The summed E-state index contributed by atoms with van der Waals surface area (Å²) in [6.07, 6.45) is -10.3. The Labute approximate surface area is 213 Å². The molecule has 0 bridgehead atoms. The van der Waals surface area contributed by atoms with Gasteiger partial charge in [0.1, 0.15) is 17.0 Å². The number of benzene rings is 2. The summed E-state index contributed by atoms with van der Waals surface area (Å²) in [6, 6.07) is 9.05. The van der Waals surface area contributed by atoms with Gasteiger partial charge in [-0.05, 0) is 44.0 Å². The molecule has 0 amide bonds. The molecule has 39 heavy (non-hydrogen) atoms. The minimum Gasteiger partial charge on any atom is -0.488 e. The molecule has 1 unspecified atom stereocenters. The third-order valence-electron chi connectivity index (χ3n) is 5.48. The van der Waals surface area contributed by atoms with Crippen LogP contribution in [0.25, 0.3) is 0 Å². The summed E-state index contributed by atoms with van der Waals surface area (Å²) < 4.78 is 183. The lowest BCUT2D eigenvalue weighted by Crippen LogP contribution is -2.70. The van der Waals surface area contributed by atoms with E-state index in [1.165, 1.54) is 6.07 Å². The minimum atomic E-state index is -8.03. The first-order valence-electron chi connectivity index (χ1n) is 10.8. The molecule has 2 nitrogen and oxygen atoms in total. The number of halogens is 13. The maximum Gasteiger partial charge on any atom is 0.460 e. The predicted octanol–water partition coefficient (Wildman–Crippen LogP) is 8.23. The zero-order valence-electron chi connectivity index (χ0n) is 20.2. The molecule has 0 fully saturated rings. The van der Waals surface area contributed by atoms with E-state index in [-0.39, 0.29) is 5.75 Å². The molecule has 0 radical (unpaired) electrons. The predicted molar refractivity (Wildman–Crippen MR) is 112 cm³/mol. The summed E-state index contributed by atoms with van der Waals surface area (Å²) in [4.78, 5) is 0. The normalized spacial score (nSPS) is 16.1. The van der Waals surface area contributed by atoms with Crippen molar-refractivity contribution in [3.63, 3.8) is 0 Å². The van der Waals surface area contributed by atoms with Crippen LogP contribution in [-0.2, 0) is 5.60 Å².